The summed E-state index contributed by atoms with van der Waals surface area (Å²) in [6.45, 7) is 7.44. The fourth-order valence-electron chi connectivity index (χ4n) is 3.39. The van der Waals surface area contributed by atoms with Crippen LogP contribution in [0.4, 0.5) is 5.69 Å². The van der Waals surface area contributed by atoms with Gasteiger partial charge in [-0.3, -0.25) is 9.59 Å². The van der Waals surface area contributed by atoms with E-state index in [4.69, 9.17) is 4.74 Å². The number of ether oxygens (including phenoxy) is 1. The summed E-state index contributed by atoms with van der Waals surface area (Å²) in [6.07, 6.45) is 1.18. The highest BCUT2D eigenvalue weighted by atomic mass is 16.5. The molecule has 2 amide bonds. The number of anilines is 1. The summed E-state index contributed by atoms with van der Waals surface area (Å²) in [6, 6.07) is 8.10. The molecule has 0 N–H and O–H groups in total. The second-order valence-electron chi connectivity index (χ2n) is 6.94. The van der Waals surface area contributed by atoms with Gasteiger partial charge in [0.2, 0.25) is 11.8 Å². The van der Waals surface area contributed by atoms with E-state index < -0.39 is 0 Å². The van der Waals surface area contributed by atoms with Gasteiger partial charge in [-0.25, -0.2) is 0 Å². The molecule has 5 heteroatoms. The average molecular weight is 330 g/mol. The van der Waals surface area contributed by atoms with Crippen LogP contribution < -0.4 is 4.90 Å². The molecule has 0 saturated carbocycles. The molecule has 130 valence electrons. The Labute approximate surface area is 143 Å². The van der Waals surface area contributed by atoms with Crippen LogP contribution in [-0.2, 0) is 14.3 Å². The van der Waals surface area contributed by atoms with Crippen LogP contribution in [0.5, 0.6) is 0 Å². The summed E-state index contributed by atoms with van der Waals surface area (Å²) < 4.78 is 5.41. The zero-order valence-electron chi connectivity index (χ0n) is 14.5. The van der Waals surface area contributed by atoms with Gasteiger partial charge in [0.15, 0.2) is 0 Å². The Morgan fingerprint density at radius 2 is 1.92 bits per heavy atom. The second-order valence-corrected chi connectivity index (χ2v) is 6.94. The Hall–Kier alpha value is -1.88. The van der Waals surface area contributed by atoms with Gasteiger partial charge in [-0.05, 0) is 30.0 Å². The van der Waals surface area contributed by atoms with E-state index in [0.717, 1.165) is 18.7 Å². The summed E-state index contributed by atoms with van der Waals surface area (Å²) in [5.41, 5.74) is 2.14. The predicted octanol–water partition coefficient (Wildman–Crippen LogP) is 2.41. The largest absolute Gasteiger partial charge is 0.380 e. The van der Waals surface area contributed by atoms with Crippen molar-refractivity contribution >= 4 is 17.5 Å². The first-order valence-corrected chi connectivity index (χ1v) is 8.83. The standard InChI is InChI=1S/C19H26N2O3/c1-14(2)15-4-6-17(7-5-15)21-13-16(12-18(21)22)19(23)20-8-3-10-24-11-9-20/h4-7,14,16H,3,8-13H2,1-2H3/t16-/m0/s1. The Kier molecular flexibility index (Phi) is 5.19. The number of hydrogen-bond donors (Lipinski definition) is 0. The molecule has 1 aromatic rings. The lowest BCUT2D eigenvalue weighted by Gasteiger charge is -2.23. The SMILES string of the molecule is CC(C)c1ccc(N2C[C@@H](C(=O)N3CCCOCC3)CC2=O)cc1. The summed E-state index contributed by atoms with van der Waals surface area (Å²) in [7, 11) is 0. The first-order valence-electron chi connectivity index (χ1n) is 8.83. The Bertz CT molecular complexity index is 589. The number of carbonyl (C=O) groups excluding carboxylic acids is 2. The van der Waals surface area contributed by atoms with Crippen molar-refractivity contribution in [1.29, 1.82) is 0 Å². The van der Waals surface area contributed by atoms with Crippen LogP contribution in [0.1, 0.15) is 38.2 Å². The molecule has 0 radical (unpaired) electrons. The Morgan fingerprint density at radius 1 is 1.17 bits per heavy atom. The molecule has 0 aliphatic carbocycles. The third-order valence-electron chi connectivity index (χ3n) is 4.88. The number of carbonyl (C=O) groups is 2. The third kappa shape index (κ3) is 3.61. The summed E-state index contributed by atoms with van der Waals surface area (Å²) in [4.78, 5) is 28.7. The quantitative estimate of drug-likeness (QED) is 0.855. The molecule has 24 heavy (non-hydrogen) atoms. The van der Waals surface area contributed by atoms with Gasteiger partial charge in [0.1, 0.15) is 0 Å². The van der Waals surface area contributed by atoms with Crippen molar-refractivity contribution in [2.75, 3.05) is 37.7 Å². The van der Waals surface area contributed by atoms with Crippen molar-refractivity contribution in [2.24, 2.45) is 5.92 Å². The van der Waals surface area contributed by atoms with Gasteiger partial charge in [-0.2, -0.15) is 0 Å². The minimum absolute atomic E-state index is 0.0386. The molecule has 2 aliphatic rings. The van der Waals surface area contributed by atoms with Gasteiger partial charge >= 0.3 is 0 Å². The lowest BCUT2D eigenvalue weighted by atomic mass is 10.0. The molecule has 2 aliphatic heterocycles. The fraction of sp³-hybridized carbons (Fsp3) is 0.579. The Morgan fingerprint density at radius 3 is 2.62 bits per heavy atom. The molecule has 0 bridgehead atoms. The van der Waals surface area contributed by atoms with Crippen LogP contribution in [0.2, 0.25) is 0 Å². The molecule has 0 unspecified atom stereocenters. The van der Waals surface area contributed by atoms with Crippen molar-refractivity contribution in [3.05, 3.63) is 29.8 Å². The van der Waals surface area contributed by atoms with Crippen molar-refractivity contribution < 1.29 is 14.3 Å². The van der Waals surface area contributed by atoms with Crippen LogP contribution >= 0.6 is 0 Å². The van der Waals surface area contributed by atoms with Gasteiger partial charge in [0.05, 0.1) is 12.5 Å². The lowest BCUT2D eigenvalue weighted by molar-refractivity contribution is -0.135. The molecular weight excluding hydrogens is 304 g/mol. The van der Waals surface area contributed by atoms with E-state index >= 15 is 0 Å². The average Bonchev–Trinajstić information content (AvgIpc) is 2.79. The molecule has 1 aromatic carbocycles. The first kappa shape index (κ1) is 17.0. The van der Waals surface area contributed by atoms with E-state index in [1.807, 2.05) is 17.0 Å². The Balaban J connectivity index is 1.67. The van der Waals surface area contributed by atoms with Crippen LogP contribution in [0.15, 0.2) is 24.3 Å². The van der Waals surface area contributed by atoms with Crippen molar-refractivity contribution in [3.8, 4) is 0 Å². The first-order chi connectivity index (χ1) is 11.6. The highest BCUT2D eigenvalue weighted by Gasteiger charge is 2.37. The lowest BCUT2D eigenvalue weighted by Crippen LogP contribution is -2.39. The molecule has 0 aromatic heterocycles. The summed E-state index contributed by atoms with van der Waals surface area (Å²) >= 11 is 0. The van der Waals surface area contributed by atoms with Crippen LogP contribution in [0, 0.1) is 5.92 Å². The van der Waals surface area contributed by atoms with E-state index in [1.165, 1.54) is 5.56 Å². The topological polar surface area (TPSA) is 49.9 Å². The van der Waals surface area contributed by atoms with Gasteiger partial charge in [-0.1, -0.05) is 26.0 Å². The predicted molar refractivity (Wildman–Crippen MR) is 93.0 cm³/mol. The maximum absolute atomic E-state index is 12.7. The van der Waals surface area contributed by atoms with E-state index in [9.17, 15) is 9.59 Å². The number of benzene rings is 1. The molecular formula is C19H26N2O3. The molecule has 1 atom stereocenters. The van der Waals surface area contributed by atoms with Gasteiger partial charge in [0.25, 0.3) is 0 Å². The van der Waals surface area contributed by atoms with Crippen LogP contribution in [0.25, 0.3) is 0 Å². The van der Waals surface area contributed by atoms with Gasteiger partial charge < -0.3 is 14.5 Å². The van der Waals surface area contributed by atoms with Crippen molar-refractivity contribution in [1.82, 2.24) is 4.90 Å². The van der Waals surface area contributed by atoms with E-state index in [1.54, 1.807) is 4.90 Å². The fourth-order valence-corrected chi connectivity index (χ4v) is 3.39. The maximum atomic E-state index is 12.7. The molecule has 2 heterocycles. The summed E-state index contributed by atoms with van der Waals surface area (Å²) in [5.74, 6) is 0.361. The molecule has 5 nitrogen and oxygen atoms in total. The van der Waals surface area contributed by atoms with E-state index in [2.05, 4.69) is 26.0 Å². The number of amides is 2. The smallest absolute Gasteiger partial charge is 0.228 e. The number of hydrogen-bond acceptors (Lipinski definition) is 3. The minimum atomic E-state index is -0.236. The van der Waals surface area contributed by atoms with Crippen LogP contribution in [-0.4, -0.2) is 49.6 Å². The number of nitrogens with zero attached hydrogens (tertiary/aromatic N) is 2. The van der Waals surface area contributed by atoms with Crippen molar-refractivity contribution in [3.63, 3.8) is 0 Å². The molecule has 3 rings (SSSR count). The van der Waals surface area contributed by atoms with Crippen LogP contribution in [0.3, 0.4) is 0 Å². The summed E-state index contributed by atoms with van der Waals surface area (Å²) in [5, 5.41) is 0. The van der Waals surface area contributed by atoms with E-state index in [-0.39, 0.29) is 17.7 Å². The van der Waals surface area contributed by atoms with Gasteiger partial charge in [0, 0.05) is 38.3 Å². The van der Waals surface area contributed by atoms with Gasteiger partial charge in [-0.15, -0.1) is 0 Å². The van der Waals surface area contributed by atoms with E-state index in [0.29, 0.717) is 38.6 Å². The molecule has 0 spiro atoms. The monoisotopic (exact) mass is 330 g/mol. The zero-order valence-corrected chi connectivity index (χ0v) is 14.5. The number of rotatable bonds is 3. The molecule has 2 saturated heterocycles. The molecule has 2 fully saturated rings. The van der Waals surface area contributed by atoms with Crippen molar-refractivity contribution in [2.45, 2.75) is 32.6 Å². The second kappa shape index (κ2) is 7.34. The maximum Gasteiger partial charge on any atom is 0.228 e. The third-order valence-corrected chi connectivity index (χ3v) is 4.88. The minimum Gasteiger partial charge on any atom is -0.380 e. The normalized spacial score (nSPS) is 22.1. The zero-order chi connectivity index (χ0) is 17.1. The highest BCUT2D eigenvalue weighted by Crippen LogP contribution is 2.28. The highest BCUT2D eigenvalue weighted by molar-refractivity contribution is 6.00.